The van der Waals surface area contributed by atoms with Crippen molar-refractivity contribution in [1.82, 2.24) is 9.55 Å². The van der Waals surface area contributed by atoms with Crippen LogP contribution in [0.3, 0.4) is 0 Å². The summed E-state index contributed by atoms with van der Waals surface area (Å²) in [6.07, 6.45) is -0.317. The van der Waals surface area contributed by atoms with Crippen LogP contribution in [0, 0.1) is 6.92 Å². The number of aryl methyl sites for hydroxylation is 2. The van der Waals surface area contributed by atoms with Crippen molar-refractivity contribution in [2.45, 2.75) is 46.3 Å². The van der Waals surface area contributed by atoms with Gasteiger partial charge in [-0.3, -0.25) is 9.36 Å². The molecule has 0 spiro atoms. The molecule has 1 aromatic heterocycles. The summed E-state index contributed by atoms with van der Waals surface area (Å²) >= 11 is 0. The van der Waals surface area contributed by atoms with Crippen LogP contribution in [0.5, 0.6) is 5.75 Å². The molecule has 27 heavy (non-hydrogen) atoms. The summed E-state index contributed by atoms with van der Waals surface area (Å²) in [6, 6.07) is 8.63. The van der Waals surface area contributed by atoms with Gasteiger partial charge in [0.2, 0.25) is 0 Å². The topological polar surface area (TPSA) is 90.7 Å². The highest BCUT2D eigenvalue weighted by molar-refractivity contribution is 5.74. The molecule has 0 radical (unpaired) electrons. The summed E-state index contributed by atoms with van der Waals surface area (Å²) in [5.74, 6) is 0.768. The van der Waals surface area contributed by atoms with Crippen molar-refractivity contribution < 1.29 is 19.4 Å². The molecule has 0 unspecified atom stereocenters. The van der Waals surface area contributed by atoms with Crippen molar-refractivity contribution in [3.8, 4) is 5.75 Å². The minimum absolute atomic E-state index is 0.0775. The quantitative estimate of drug-likeness (QED) is 0.672. The third-order valence-electron chi connectivity index (χ3n) is 4.03. The molecule has 1 N–H and O–H groups in total. The lowest BCUT2D eigenvalue weighted by Crippen LogP contribution is -2.27. The van der Waals surface area contributed by atoms with Gasteiger partial charge >= 0.3 is 5.97 Å². The summed E-state index contributed by atoms with van der Waals surface area (Å²) < 4.78 is 12.1. The monoisotopic (exact) mass is 374 g/mol. The average molecular weight is 374 g/mol. The Morgan fingerprint density at radius 3 is 2.59 bits per heavy atom. The van der Waals surface area contributed by atoms with Crippen LogP contribution in [0.15, 0.2) is 35.1 Å². The van der Waals surface area contributed by atoms with Gasteiger partial charge in [-0.15, -0.1) is 0 Å². The maximum absolute atomic E-state index is 12.1. The van der Waals surface area contributed by atoms with Gasteiger partial charge in [0.15, 0.2) is 6.10 Å². The largest absolute Gasteiger partial charge is 0.492 e. The van der Waals surface area contributed by atoms with Crippen LogP contribution in [0.2, 0.25) is 0 Å². The highest BCUT2D eigenvalue weighted by Crippen LogP contribution is 2.14. The number of rotatable bonds is 9. The molecule has 7 heteroatoms. The molecule has 0 amide bonds. The predicted octanol–water partition coefficient (Wildman–Crippen LogP) is 1.66. The molecule has 146 valence electrons. The standard InChI is InChI=1S/C20H26N2O5/c1-4-18-21-14(3)12-19(24)22(18)10-11-27-16-8-6-15(7-9-16)13-17(23)20(25)26-5-2/h6-9,12,17,23H,4-5,10-11,13H2,1-3H3/t17-/m1/s1. The van der Waals surface area contributed by atoms with Crippen LogP contribution in [0.4, 0.5) is 0 Å². The fourth-order valence-corrected chi connectivity index (χ4v) is 2.71. The first kappa shape index (κ1) is 20.6. The van der Waals surface area contributed by atoms with Crippen LogP contribution in [0.1, 0.15) is 30.9 Å². The van der Waals surface area contributed by atoms with E-state index in [4.69, 9.17) is 9.47 Å². The van der Waals surface area contributed by atoms with Crippen molar-refractivity contribution >= 4 is 5.97 Å². The van der Waals surface area contributed by atoms with Gasteiger partial charge in [-0.1, -0.05) is 19.1 Å². The SMILES string of the molecule is CCOC(=O)[C@H](O)Cc1ccc(OCCn2c(CC)nc(C)cc2=O)cc1. The third-order valence-corrected chi connectivity index (χ3v) is 4.03. The lowest BCUT2D eigenvalue weighted by Gasteiger charge is -2.13. The summed E-state index contributed by atoms with van der Waals surface area (Å²) in [5.41, 5.74) is 1.44. The van der Waals surface area contributed by atoms with Crippen molar-refractivity contribution in [3.05, 3.63) is 57.8 Å². The number of ether oxygens (including phenoxy) is 2. The van der Waals surface area contributed by atoms with Gasteiger partial charge < -0.3 is 14.6 Å². The molecule has 0 aliphatic heterocycles. The van der Waals surface area contributed by atoms with Crippen molar-refractivity contribution in [2.75, 3.05) is 13.2 Å². The minimum Gasteiger partial charge on any atom is -0.492 e. The van der Waals surface area contributed by atoms with E-state index in [2.05, 4.69) is 4.98 Å². The van der Waals surface area contributed by atoms with Crippen LogP contribution >= 0.6 is 0 Å². The molecule has 1 atom stereocenters. The van der Waals surface area contributed by atoms with Gasteiger partial charge in [0.1, 0.15) is 18.2 Å². The second-order valence-electron chi connectivity index (χ2n) is 6.12. The molecule has 0 bridgehead atoms. The number of aliphatic hydroxyl groups is 1. The molecule has 0 saturated carbocycles. The Morgan fingerprint density at radius 2 is 1.96 bits per heavy atom. The Kier molecular flexibility index (Phi) is 7.55. The molecule has 0 aliphatic rings. The van der Waals surface area contributed by atoms with E-state index in [-0.39, 0.29) is 18.6 Å². The van der Waals surface area contributed by atoms with Gasteiger partial charge in [0, 0.05) is 24.6 Å². The normalized spacial score (nSPS) is 11.9. The number of aromatic nitrogens is 2. The second kappa shape index (κ2) is 9.87. The fourth-order valence-electron chi connectivity index (χ4n) is 2.71. The molecule has 0 aliphatic carbocycles. The zero-order valence-electron chi connectivity index (χ0n) is 16.0. The second-order valence-corrected chi connectivity index (χ2v) is 6.12. The number of carbonyl (C=O) groups is 1. The van der Waals surface area contributed by atoms with E-state index in [1.54, 1.807) is 35.8 Å². The average Bonchev–Trinajstić information content (AvgIpc) is 2.64. The van der Waals surface area contributed by atoms with Crippen molar-refractivity contribution in [1.29, 1.82) is 0 Å². The lowest BCUT2D eigenvalue weighted by atomic mass is 10.1. The fraction of sp³-hybridized carbons (Fsp3) is 0.450. The third kappa shape index (κ3) is 5.92. The molecule has 0 fully saturated rings. The molecule has 2 aromatic rings. The molecule has 7 nitrogen and oxygen atoms in total. The Bertz CT molecular complexity index is 814. The number of nitrogens with zero attached hydrogens (tertiary/aromatic N) is 2. The van der Waals surface area contributed by atoms with E-state index in [1.165, 1.54) is 6.07 Å². The number of aliphatic hydroxyl groups excluding tert-OH is 1. The zero-order chi connectivity index (χ0) is 19.8. The Balaban J connectivity index is 1.91. The summed E-state index contributed by atoms with van der Waals surface area (Å²) in [7, 11) is 0. The van der Waals surface area contributed by atoms with Crippen LogP contribution in [-0.2, 0) is 28.9 Å². The maximum Gasteiger partial charge on any atom is 0.335 e. The van der Waals surface area contributed by atoms with Crippen LogP contribution < -0.4 is 10.3 Å². The Morgan fingerprint density at radius 1 is 1.26 bits per heavy atom. The Hall–Kier alpha value is -2.67. The molecular formula is C20H26N2O5. The molecule has 2 rings (SSSR count). The van der Waals surface area contributed by atoms with Gasteiger partial charge in [0.25, 0.3) is 5.56 Å². The summed E-state index contributed by atoms with van der Waals surface area (Å²) in [6.45, 7) is 6.45. The number of benzene rings is 1. The molecule has 1 heterocycles. The first-order valence-corrected chi connectivity index (χ1v) is 9.08. The predicted molar refractivity (Wildman–Crippen MR) is 101 cm³/mol. The smallest absolute Gasteiger partial charge is 0.335 e. The Labute approximate surface area is 158 Å². The van der Waals surface area contributed by atoms with Gasteiger partial charge in [-0.25, -0.2) is 9.78 Å². The molecule has 1 aromatic carbocycles. The van der Waals surface area contributed by atoms with E-state index >= 15 is 0 Å². The maximum atomic E-state index is 12.1. The number of carbonyl (C=O) groups excluding carboxylic acids is 1. The van der Waals surface area contributed by atoms with E-state index in [1.807, 2.05) is 13.8 Å². The van der Waals surface area contributed by atoms with Crippen LogP contribution in [-0.4, -0.2) is 39.9 Å². The van der Waals surface area contributed by atoms with Crippen molar-refractivity contribution in [3.63, 3.8) is 0 Å². The van der Waals surface area contributed by atoms with Gasteiger partial charge in [-0.05, 0) is 31.5 Å². The lowest BCUT2D eigenvalue weighted by molar-refractivity contribution is -0.152. The van der Waals surface area contributed by atoms with Gasteiger partial charge in [0.05, 0.1) is 13.2 Å². The number of hydrogen-bond acceptors (Lipinski definition) is 6. The minimum atomic E-state index is -1.18. The van der Waals surface area contributed by atoms with E-state index in [0.29, 0.717) is 25.3 Å². The molecular weight excluding hydrogens is 348 g/mol. The summed E-state index contributed by atoms with van der Waals surface area (Å²) in [4.78, 5) is 28.0. The van der Waals surface area contributed by atoms with E-state index in [9.17, 15) is 14.7 Å². The number of hydrogen-bond donors (Lipinski definition) is 1. The van der Waals surface area contributed by atoms with Gasteiger partial charge in [-0.2, -0.15) is 0 Å². The summed E-state index contributed by atoms with van der Waals surface area (Å²) in [5, 5.41) is 9.79. The first-order valence-electron chi connectivity index (χ1n) is 9.08. The van der Waals surface area contributed by atoms with Crippen molar-refractivity contribution in [2.24, 2.45) is 0 Å². The van der Waals surface area contributed by atoms with Crippen LogP contribution in [0.25, 0.3) is 0 Å². The highest BCUT2D eigenvalue weighted by atomic mass is 16.5. The highest BCUT2D eigenvalue weighted by Gasteiger charge is 2.16. The first-order chi connectivity index (χ1) is 12.9. The zero-order valence-corrected chi connectivity index (χ0v) is 16.0. The van der Waals surface area contributed by atoms with E-state index in [0.717, 1.165) is 17.1 Å². The van der Waals surface area contributed by atoms with E-state index < -0.39 is 12.1 Å². The molecule has 0 saturated heterocycles. The number of esters is 1.